The summed E-state index contributed by atoms with van der Waals surface area (Å²) in [4.78, 5) is 13.9. The van der Waals surface area contributed by atoms with E-state index in [2.05, 4.69) is 30.1 Å². The van der Waals surface area contributed by atoms with Gasteiger partial charge in [-0.15, -0.1) is 12.4 Å². The predicted octanol–water partition coefficient (Wildman–Crippen LogP) is 3.26. The number of hydrogen-bond donors (Lipinski definition) is 2. The Balaban J connectivity index is 0.00000312. The molecule has 1 aromatic carbocycles. The average molecular weight is 365 g/mol. The van der Waals surface area contributed by atoms with Crippen molar-refractivity contribution in [2.24, 2.45) is 11.7 Å². The topological polar surface area (TPSA) is 75.0 Å². The molecule has 6 heteroatoms. The first-order valence-corrected chi connectivity index (χ1v) is 8.57. The molecule has 0 spiro atoms. The van der Waals surface area contributed by atoms with Gasteiger partial charge >= 0.3 is 0 Å². The molecular weight excluding hydrogens is 336 g/mol. The molecule has 0 unspecified atom stereocenters. The summed E-state index contributed by atoms with van der Waals surface area (Å²) in [6.45, 7) is 4.86. The molecule has 0 bridgehead atoms. The van der Waals surface area contributed by atoms with Gasteiger partial charge in [0.15, 0.2) is 0 Å². The normalized spacial score (nSPS) is 11.9. The van der Waals surface area contributed by atoms with Gasteiger partial charge in [-0.2, -0.15) is 5.10 Å². The molecule has 138 valence electrons. The van der Waals surface area contributed by atoms with Crippen LogP contribution in [-0.4, -0.2) is 40.6 Å². The molecule has 0 saturated carbocycles. The highest BCUT2D eigenvalue weighted by molar-refractivity contribution is 5.85. The zero-order chi connectivity index (χ0) is 17.5. The van der Waals surface area contributed by atoms with E-state index in [-0.39, 0.29) is 18.3 Å². The van der Waals surface area contributed by atoms with Crippen molar-refractivity contribution in [3.05, 3.63) is 42.1 Å². The van der Waals surface area contributed by atoms with Crippen molar-refractivity contribution in [3.63, 3.8) is 0 Å². The van der Waals surface area contributed by atoms with Crippen molar-refractivity contribution >= 4 is 18.3 Å². The van der Waals surface area contributed by atoms with Crippen LogP contribution in [0, 0.1) is 5.92 Å². The molecule has 1 heterocycles. The molecule has 0 aliphatic heterocycles. The van der Waals surface area contributed by atoms with Crippen LogP contribution < -0.4 is 5.73 Å². The SMILES string of the molecule is CC(C)C[C@H](N)C(=O)N(C)CCCc1cc(-c2ccccc2)n[nH]1.Cl. The number of aromatic nitrogens is 2. The Morgan fingerprint density at radius 1 is 1.28 bits per heavy atom. The van der Waals surface area contributed by atoms with E-state index in [1.54, 1.807) is 4.90 Å². The number of nitrogens with zero attached hydrogens (tertiary/aromatic N) is 2. The zero-order valence-electron chi connectivity index (χ0n) is 15.2. The van der Waals surface area contributed by atoms with Gasteiger partial charge in [0.25, 0.3) is 0 Å². The second-order valence-electron chi connectivity index (χ2n) is 6.74. The fourth-order valence-corrected chi connectivity index (χ4v) is 2.76. The number of benzene rings is 1. The number of halogens is 1. The number of rotatable bonds is 8. The number of hydrogen-bond acceptors (Lipinski definition) is 3. The van der Waals surface area contributed by atoms with Gasteiger partial charge < -0.3 is 10.6 Å². The minimum absolute atomic E-state index is 0. The van der Waals surface area contributed by atoms with Crippen LogP contribution in [-0.2, 0) is 11.2 Å². The number of nitrogens with one attached hydrogen (secondary N) is 1. The maximum absolute atomic E-state index is 12.2. The summed E-state index contributed by atoms with van der Waals surface area (Å²) in [6, 6.07) is 11.8. The van der Waals surface area contributed by atoms with Crippen molar-refractivity contribution in [1.29, 1.82) is 0 Å². The lowest BCUT2D eigenvalue weighted by molar-refractivity contribution is -0.131. The molecule has 0 radical (unpaired) electrons. The van der Waals surface area contributed by atoms with E-state index in [4.69, 9.17) is 5.73 Å². The molecular formula is C19H29ClN4O. The van der Waals surface area contributed by atoms with E-state index >= 15 is 0 Å². The standard InChI is InChI=1S/C19H28N4O.ClH/c1-14(2)12-17(20)19(24)23(3)11-7-10-16-13-18(22-21-16)15-8-5-4-6-9-15;/h4-6,8-9,13-14,17H,7,10-12,20H2,1-3H3,(H,21,22);1H/t17-;/m0./s1. The van der Waals surface area contributed by atoms with Gasteiger partial charge in [0.2, 0.25) is 5.91 Å². The van der Waals surface area contributed by atoms with Gasteiger partial charge in [-0.3, -0.25) is 9.89 Å². The number of carbonyl (C=O) groups is 1. The van der Waals surface area contributed by atoms with E-state index < -0.39 is 6.04 Å². The van der Waals surface area contributed by atoms with Gasteiger partial charge in [0.1, 0.15) is 0 Å². The van der Waals surface area contributed by atoms with Crippen LogP contribution >= 0.6 is 12.4 Å². The first kappa shape index (κ1) is 21.2. The molecule has 1 atom stereocenters. The van der Waals surface area contributed by atoms with Crippen LogP contribution in [0.25, 0.3) is 11.3 Å². The Bertz CT molecular complexity index is 642. The quantitative estimate of drug-likeness (QED) is 0.754. The number of nitrogens with two attached hydrogens (primary N) is 1. The monoisotopic (exact) mass is 364 g/mol. The van der Waals surface area contributed by atoms with E-state index in [1.165, 1.54) is 0 Å². The summed E-state index contributed by atoms with van der Waals surface area (Å²) in [6.07, 6.45) is 2.47. The lowest BCUT2D eigenvalue weighted by Gasteiger charge is -2.22. The molecule has 0 aliphatic carbocycles. The van der Waals surface area contributed by atoms with Gasteiger partial charge in [-0.05, 0) is 31.2 Å². The molecule has 2 aromatic rings. The smallest absolute Gasteiger partial charge is 0.239 e. The second kappa shape index (κ2) is 10.2. The number of H-pyrrole nitrogens is 1. The molecule has 2 rings (SSSR count). The highest BCUT2D eigenvalue weighted by Crippen LogP contribution is 2.17. The maximum atomic E-state index is 12.2. The lowest BCUT2D eigenvalue weighted by Crippen LogP contribution is -2.42. The number of carbonyl (C=O) groups excluding carboxylic acids is 1. The fourth-order valence-electron chi connectivity index (χ4n) is 2.76. The Kier molecular flexibility index (Phi) is 8.66. The molecule has 0 saturated heterocycles. The van der Waals surface area contributed by atoms with Crippen LogP contribution in [0.15, 0.2) is 36.4 Å². The summed E-state index contributed by atoms with van der Waals surface area (Å²) in [7, 11) is 1.82. The van der Waals surface area contributed by atoms with Crippen molar-refractivity contribution in [2.75, 3.05) is 13.6 Å². The minimum Gasteiger partial charge on any atom is -0.344 e. The number of aryl methyl sites for hydroxylation is 1. The molecule has 1 aromatic heterocycles. The van der Waals surface area contributed by atoms with Crippen LogP contribution in [0.5, 0.6) is 0 Å². The number of amides is 1. The number of aromatic amines is 1. The first-order chi connectivity index (χ1) is 11.5. The fraction of sp³-hybridized carbons (Fsp3) is 0.474. The van der Waals surface area contributed by atoms with Gasteiger partial charge in [-0.1, -0.05) is 44.2 Å². The maximum Gasteiger partial charge on any atom is 0.239 e. The number of likely N-dealkylation sites (N-methyl/N-ethyl adjacent to an activating group) is 1. The highest BCUT2D eigenvalue weighted by atomic mass is 35.5. The Morgan fingerprint density at radius 3 is 2.60 bits per heavy atom. The average Bonchev–Trinajstić information content (AvgIpc) is 3.03. The third-order valence-electron chi connectivity index (χ3n) is 4.06. The molecule has 25 heavy (non-hydrogen) atoms. The highest BCUT2D eigenvalue weighted by Gasteiger charge is 2.18. The van der Waals surface area contributed by atoms with Crippen LogP contribution in [0.3, 0.4) is 0 Å². The molecule has 1 amide bonds. The predicted molar refractivity (Wildman–Crippen MR) is 105 cm³/mol. The summed E-state index contributed by atoms with van der Waals surface area (Å²) in [5.41, 5.74) is 9.10. The Labute approximate surface area is 156 Å². The largest absolute Gasteiger partial charge is 0.344 e. The van der Waals surface area contributed by atoms with Gasteiger partial charge in [-0.25, -0.2) is 0 Å². The van der Waals surface area contributed by atoms with E-state index in [1.807, 2.05) is 37.4 Å². The second-order valence-corrected chi connectivity index (χ2v) is 6.74. The van der Waals surface area contributed by atoms with E-state index in [9.17, 15) is 4.79 Å². The zero-order valence-corrected chi connectivity index (χ0v) is 16.1. The van der Waals surface area contributed by atoms with Crippen molar-refractivity contribution in [2.45, 2.75) is 39.2 Å². The van der Waals surface area contributed by atoms with Crippen molar-refractivity contribution < 1.29 is 4.79 Å². The first-order valence-electron chi connectivity index (χ1n) is 8.57. The van der Waals surface area contributed by atoms with Gasteiger partial charge in [0, 0.05) is 24.8 Å². The van der Waals surface area contributed by atoms with Crippen molar-refractivity contribution in [3.8, 4) is 11.3 Å². The van der Waals surface area contributed by atoms with Crippen LogP contribution in [0.2, 0.25) is 0 Å². The summed E-state index contributed by atoms with van der Waals surface area (Å²) in [5.74, 6) is 0.456. The molecule has 3 N–H and O–H groups in total. The molecule has 0 aliphatic rings. The summed E-state index contributed by atoms with van der Waals surface area (Å²) < 4.78 is 0. The van der Waals surface area contributed by atoms with E-state index in [0.29, 0.717) is 12.5 Å². The molecule has 0 fully saturated rings. The third-order valence-corrected chi connectivity index (χ3v) is 4.06. The summed E-state index contributed by atoms with van der Waals surface area (Å²) >= 11 is 0. The van der Waals surface area contributed by atoms with Crippen LogP contribution in [0.4, 0.5) is 0 Å². The lowest BCUT2D eigenvalue weighted by atomic mass is 10.0. The minimum atomic E-state index is -0.396. The van der Waals surface area contributed by atoms with E-state index in [0.717, 1.165) is 36.2 Å². The van der Waals surface area contributed by atoms with Gasteiger partial charge in [0.05, 0.1) is 11.7 Å². The van der Waals surface area contributed by atoms with Crippen LogP contribution in [0.1, 0.15) is 32.4 Å². The summed E-state index contributed by atoms with van der Waals surface area (Å²) in [5, 5.41) is 7.43. The Morgan fingerprint density at radius 2 is 1.96 bits per heavy atom. The third kappa shape index (κ3) is 6.52. The van der Waals surface area contributed by atoms with Crippen molar-refractivity contribution in [1.82, 2.24) is 15.1 Å². The molecule has 5 nitrogen and oxygen atoms in total. The Hall–Kier alpha value is -1.85.